The molecule has 2 nitrogen and oxygen atoms in total. The Hall–Kier alpha value is -0.180. The molecule has 0 radical (unpaired) electrons. The fourth-order valence-corrected chi connectivity index (χ4v) is 5.43. The van der Waals surface area contributed by atoms with E-state index in [-0.39, 0.29) is 0 Å². The topological polar surface area (TPSA) is 24.4 Å². The van der Waals surface area contributed by atoms with E-state index in [2.05, 4.69) is 46.9 Å². The summed E-state index contributed by atoms with van der Waals surface area (Å²) in [5, 5.41) is 5.62. The summed E-state index contributed by atoms with van der Waals surface area (Å²) < 4.78 is 0. The van der Waals surface area contributed by atoms with Gasteiger partial charge in [0.15, 0.2) is 5.17 Å². The molecule has 1 N–H and O–H groups in total. The van der Waals surface area contributed by atoms with E-state index in [4.69, 9.17) is 4.99 Å². The Morgan fingerprint density at radius 2 is 1.68 bits per heavy atom. The van der Waals surface area contributed by atoms with Gasteiger partial charge >= 0.3 is 0 Å². The fourth-order valence-electron chi connectivity index (χ4n) is 4.20. The zero-order chi connectivity index (χ0) is 14.3. The van der Waals surface area contributed by atoms with Crippen molar-refractivity contribution in [3.05, 3.63) is 0 Å². The zero-order valence-electron chi connectivity index (χ0n) is 13.4. The Morgan fingerprint density at radius 3 is 2.21 bits per heavy atom. The van der Waals surface area contributed by atoms with E-state index in [0.29, 0.717) is 28.2 Å². The van der Waals surface area contributed by atoms with Crippen LogP contribution in [0.5, 0.6) is 0 Å². The summed E-state index contributed by atoms with van der Waals surface area (Å²) in [6.07, 6.45) is 5.06. The molecular weight excluding hydrogens is 252 g/mol. The minimum absolute atomic E-state index is 0.441. The van der Waals surface area contributed by atoms with Crippen molar-refractivity contribution >= 4 is 16.9 Å². The molecule has 3 heteroatoms. The van der Waals surface area contributed by atoms with Gasteiger partial charge in [0.1, 0.15) is 0 Å². The number of rotatable bonds is 1. The molecule has 2 rings (SSSR count). The molecule has 0 amide bonds. The Kier molecular flexibility index (Phi) is 4.25. The molecular formula is C16H30N2S. The molecule has 0 aromatic heterocycles. The lowest BCUT2D eigenvalue weighted by molar-refractivity contribution is 0.0924. The minimum Gasteiger partial charge on any atom is -0.362 e. The van der Waals surface area contributed by atoms with Crippen molar-refractivity contribution in [2.24, 2.45) is 15.8 Å². The minimum atomic E-state index is 0.441. The van der Waals surface area contributed by atoms with Gasteiger partial charge in [0, 0.05) is 11.3 Å². The highest BCUT2D eigenvalue weighted by Gasteiger charge is 2.39. The first-order valence-corrected chi connectivity index (χ1v) is 8.54. The third kappa shape index (κ3) is 4.40. The third-order valence-electron chi connectivity index (χ3n) is 4.21. The van der Waals surface area contributed by atoms with Crippen molar-refractivity contribution in [1.82, 2.24) is 5.32 Å². The van der Waals surface area contributed by atoms with Crippen LogP contribution in [0, 0.1) is 10.8 Å². The predicted molar refractivity (Wildman–Crippen MR) is 86.9 cm³/mol. The smallest absolute Gasteiger partial charge is 0.157 e. The van der Waals surface area contributed by atoms with Gasteiger partial charge in [-0.3, -0.25) is 4.99 Å². The Balaban J connectivity index is 2.02. The van der Waals surface area contributed by atoms with Crippen LogP contribution in [0.2, 0.25) is 0 Å². The monoisotopic (exact) mass is 282 g/mol. The van der Waals surface area contributed by atoms with Gasteiger partial charge in [-0.2, -0.15) is 0 Å². The summed E-state index contributed by atoms with van der Waals surface area (Å²) in [4.78, 5) is 4.79. The standard InChI is InChI=1S/C16H30N2S/c1-11-7-12(2)19-14(17-11)18-13-8-15(3,4)10-16(5,6)9-13/h11-13H,7-10H2,1-6H3,(H,17,18). The lowest BCUT2D eigenvalue weighted by Crippen LogP contribution is -2.46. The van der Waals surface area contributed by atoms with E-state index < -0.39 is 0 Å². The normalized spacial score (nSPS) is 34.7. The van der Waals surface area contributed by atoms with Gasteiger partial charge in [-0.25, -0.2) is 0 Å². The van der Waals surface area contributed by atoms with Crippen LogP contribution < -0.4 is 5.32 Å². The van der Waals surface area contributed by atoms with Crippen LogP contribution in [0.4, 0.5) is 0 Å². The molecule has 19 heavy (non-hydrogen) atoms. The molecule has 1 saturated carbocycles. The van der Waals surface area contributed by atoms with Gasteiger partial charge in [-0.15, -0.1) is 0 Å². The van der Waals surface area contributed by atoms with E-state index in [1.54, 1.807) is 0 Å². The van der Waals surface area contributed by atoms with Crippen molar-refractivity contribution in [3.63, 3.8) is 0 Å². The predicted octanol–water partition coefficient (Wildman–Crippen LogP) is 4.45. The second kappa shape index (κ2) is 5.31. The van der Waals surface area contributed by atoms with Crippen molar-refractivity contribution in [1.29, 1.82) is 0 Å². The van der Waals surface area contributed by atoms with Crippen LogP contribution in [-0.4, -0.2) is 22.5 Å². The summed E-state index contributed by atoms with van der Waals surface area (Å²) in [5.74, 6) is 0. The van der Waals surface area contributed by atoms with Crippen molar-refractivity contribution in [2.45, 2.75) is 84.6 Å². The number of thioether (sulfide) groups is 1. The highest BCUT2D eigenvalue weighted by Crippen LogP contribution is 2.45. The van der Waals surface area contributed by atoms with Gasteiger partial charge in [-0.05, 0) is 43.4 Å². The largest absolute Gasteiger partial charge is 0.362 e. The van der Waals surface area contributed by atoms with Crippen molar-refractivity contribution in [3.8, 4) is 0 Å². The Morgan fingerprint density at radius 1 is 1.11 bits per heavy atom. The quantitative estimate of drug-likeness (QED) is 0.768. The number of aliphatic imine (C=N–C) groups is 1. The average Bonchev–Trinajstić information content (AvgIpc) is 2.08. The zero-order valence-corrected chi connectivity index (χ0v) is 14.2. The van der Waals surface area contributed by atoms with Crippen LogP contribution in [0.3, 0.4) is 0 Å². The number of hydrogen-bond donors (Lipinski definition) is 1. The van der Waals surface area contributed by atoms with Crippen LogP contribution in [0.15, 0.2) is 4.99 Å². The first kappa shape index (κ1) is 15.2. The number of amidine groups is 1. The lowest BCUT2D eigenvalue weighted by atomic mass is 9.63. The van der Waals surface area contributed by atoms with E-state index in [0.717, 1.165) is 0 Å². The molecule has 1 aliphatic carbocycles. The van der Waals surface area contributed by atoms with E-state index in [9.17, 15) is 0 Å². The molecule has 2 unspecified atom stereocenters. The molecule has 0 bridgehead atoms. The van der Waals surface area contributed by atoms with Crippen molar-refractivity contribution < 1.29 is 0 Å². The van der Waals surface area contributed by atoms with Gasteiger partial charge in [0.05, 0.1) is 6.04 Å². The SMILES string of the molecule is CC1CC(C)SC(NC2CC(C)(C)CC(C)(C)C2)=N1. The molecule has 110 valence electrons. The van der Waals surface area contributed by atoms with Crippen LogP contribution in [0.1, 0.15) is 67.2 Å². The molecule has 2 aliphatic rings. The first-order chi connectivity index (χ1) is 8.65. The van der Waals surface area contributed by atoms with Gasteiger partial charge in [-0.1, -0.05) is 46.4 Å². The van der Waals surface area contributed by atoms with Gasteiger partial charge in [0.2, 0.25) is 0 Å². The lowest BCUT2D eigenvalue weighted by Gasteiger charge is -2.45. The highest BCUT2D eigenvalue weighted by atomic mass is 32.2. The number of nitrogens with one attached hydrogen (secondary N) is 1. The van der Waals surface area contributed by atoms with Crippen LogP contribution in [0.25, 0.3) is 0 Å². The average molecular weight is 282 g/mol. The Labute approximate surface area is 123 Å². The van der Waals surface area contributed by atoms with Gasteiger partial charge in [0.25, 0.3) is 0 Å². The van der Waals surface area contributed by atoms with E-state index >= 15 is 0 Å². The number of hydrogen-bond acceptors (Lipinski definition) is 3. The molecule has 1 heterocycles. The maximum absolute atomic E-state index is 4.79. The second-order valence-electron chi connectivity index (χ2n) is 8.20. The first-order valence-electron chi connectivity index (χ1n) is 7.66. The summed E-state index contributed by atoms with van der Waals surface area (Å²) in [6.45, 7) is 14.2. The van der Waals surface area contributed by atoms with E-state index in [1.165, 1.54) is 30.9 Å². The molecule has 0 spiro atoms. The fraction of sp³-hybridized carbons (Fsp3) is 0.938. The number of nitrogens with zero attached hydrogens (tertiary/aromatic N) is 1. The molecule has 2 atom stereocenters. The molecule has 1 fully saturated rings. The molecule has 0 aromatic rings. The highest BCUT2D eigenvalue weighted by molar-refractivity contribution is 8.14. The molecule has 0 saturated heterocycles. The van der Waals surface area contributed by atoms with Crippen molar-refractivity contribution in [2.75, 3.05) is 0 Å². The van der Waals surface area contributed by atoms with Gasteiger partial charge < -0.3 is 5.32 Å². The van der Waals surface area contributed by atoms with Crippen LogP contribution >= 0.6 is 11.8 Å². The summed E-state index contributed by atoms with van der Waals surface area (Å²) in [5.41, 5.74) is 0.882. The molecule has 0 aromatic carbocycles. The van der Waals surface area contributed by atoms with E-state index in [1.807, 2.05) is 11.8 Å². The molecule has 1 aliphatic heterocycles. The second-order valence-corrected chi connectivity index (χ2v) is 9.63. The summed E-state index contributed by atoms with van der Waals surface area (Å²) >= 11 is 1.92. The Bertz CT molecular complexity index is 344. The maximum atomic E-state index is 4.79. The summed E-state index contributed by atoms with van der Waals surface area (Å²) in [7, 11) is 0. The third-order valence-corrected chi connectivity index (χ3v) is 5.25. The summed E-state index contributed by atoms with van der Waals surface area (Å²) in [6, 6.07) is 1.06. The van der Waals surface area contributed by atoms with Crippen LogP contribution in [-0.2, 0) is 0 Å². The maximum Gasteiger partial charge on any atom is 0.157 e.